The van der Waals surface area contributed by atoms with Gasteiger partial charge in [0.25, 0.3) is 0 Å². The Morgan fingerprint density at radius 1 is 1.15 bits per heavy atom. The Balaban J connectivity index is 1.56. The van der Waals surface area contributed by atoms with Gasteiger partial charge in [-0.25, -0.2) is 8.78 Å². The van der Waals surface area contributed by atoms with E-state index in [1.807, 2.05) is 4.90 Å². The van der Waals surface area contributed by atoms with E-state index >= 15 is 0 Å². The Hall–Kier alpha value is -1.20. The molecule has 20 heavy (non-hydrogen) atoms. The Labute approximate surface area is 118 Å². The predicted molar refractivity (Wildman–Crippen MR) is 74.0 cm³/mol. The van der Waals surface area contributed by atoms with E-state index in [1.54, 1.807) is 12.1 Å². The van der Waals surface area contributed by atoms with Crippen molar-refractivity contribution >= 4 is 5.69 Å². The fraction of sp³-hybridized carbons (Fsp3) is 0.600. The molecular formula is C15H20F2N2O. The third kappa shape index (κ3) is 2.94. The molecule has 0 bridgehead atoms. The largest absolute Gasteiger partial charge is 0.377 e. The van der Waals surface area contributed by atoms with Crippen molar-refractivity contribution in [3.63, 3.8) is 0 Å². The van der Waals surface area contributed by atoms with Gasteiger partial charge in [-0.2, -0.15) is 0 Å². The molecule has 2 heterocycles. The molecule has 2 aliphatic heterocycles. The zero-order valence-corrected chi connectivity index (χ0v) is 11.5. The van der Waals surface area contributed by atoms with Gasteiger partial charge in [0.1, 0.15) is 0 Å². The second-order valence-corrected chi connectivity index (χ2v) is 5.50. The molecule has 3 rings (SSSR count). The number of hydrogen-bond donors (Lipinski definition) is 0. The lowest BCUT2D eigenvalue weighted by molar-refractivity contribution is 0.0712. The lowest BCUT2D eigenvalue weighted by atomic mass is 10.2. The first kappa shape index (κ1) is 13.8. The van der Waals surface area contributed by atoms with E-state index in [-0.39, 0.29) is 0 Å². The predicted octanol–water partition coefficient (Wildman–Crippen LogP) is 2.27. The molecule has 0 N–H and O–H groups in total. The number of nitrogens with zero attached hydrogens (tertiary/aromatic N) is 2. The zero-order valence-electron chi connectivity index (χ0n) is 11.5. The molecule has 1 unspecified atom stereocenters. The highest BCUT2D eigenvalue weighted by Gasteiger charge is 2.24. The van der Waals surface area contributed by atoms with Crippen molar-refractivity contribution in [2.24, 2.45) is 0 Å². The van der Waals surface area contributed by atoms with Crippen LogP contribution in [0.25, 0.3) is 0 Å². The van der Waals surface area contributed by atoms with E-state index in [1.165, 1.54) is 0 Å². The van der Waals surface area contributed by atoms with Crippen LogP contribution in [0.3, 0.4) is 0 Å². The molecule has 2 aliphatic rings. The summed E-state index contributed by atoms with van der Waals surface area (Å²) in [6.45, 7) is 5.03. The number of anilines is 1. The fourth-order valence-corrected chi connectivity index (χ4v) is 2.98. The number of hydrogen-bond acceptors (Lipinski definition) is 3. The maximum Gasteiger partial charge on any atom is 0.182 e. The molecule has 0 radical (unpaired) electrons. The molecule has 0 spiro atoms. The number of rotatable bonds is 3. The van der Waals surface area contributed by atoms with Gasteiger partial charge >= 0.3 is 0 Å². The number of piperazine rings is 1. The molecule has 0 aliphatic carbocycles. The average molecular weight is 282 g/mol. The minimum atomic E-state index is -0.774. The van der Waals surface area contributed by atoms with Crippen molar-refractivity contribution < 1.29 is 13.5 Å². The van der Waals surface area contributed by atoms with Crippen LogP contribution >= 0.6 is 0 Å². The van der Waals surface area contributed by atoms with E-state index in [9.17, 15) is 8.78 Å². The van der Waals surface area contributed by atoms with Crippen LogP contribution < -0.4 is 4.90 Å². The molecule has 110 valence electrons. The van der Waals surface area contributed by atoms with E-state index < -0.39 is 11.6 Å². The van der Waals surface area contributed by atoms with Gasteiger partial charge in [-0.15, -0.1) is 0 Å². The van der Waals surface area contributed by atoms with E-state index in [0.29, 0.717) is 11.8 Å². The Morgan fingerprint density at radius 3 is 2.65 bits per heavy atom. The molecule has 1 aromatic carbocycles. The lowest BCUT2D eigenvalue weighted by Gasteiger charge is -2.37. The van der Waals surface area contributed by atoms with Crippen molar-refractivity contribution in [3.05, 3.63) is 29.8 Å². The van der Waals surface area contributed by atoms with Gasteiger partial charge in [0.15, 0.2) is 11.6 Å². The van der Waals surface area contributed by atoms with E-state index in [4.69, 9.17) is 4.74 Å². The minimum absolute atomic E-state index is 0.354. The maximum absolute atomic E-state index is 13.8. The van der Waals surface area contributed by atoms with Crippen LogP contribution in [0.4, 0.5) is 14.5 Å². The van der Waals surface area contributed by atoms with E-state index in [0.717, 1.165) is 58.2 Å². The topological polar surface area (TPSA) is 15.7 Å². The summed E-state index contributed by atoms with van der Waals surface area (Å²) in [5.41, 5.74) is 0.377. The van der Waals surface area contributed by atoms with Crippen LogP contribution in [-0.2, 0) is 4.74 Å². The van der Waals surface area contributed by atoms with Gasteiger partial charge in [0, 0.05) is 39.3 Å². The molecule has 2 saturated heterocycles. The first-order chi connectivity index (χ1) is 9.74. The molecule has 1 aromatic rings. The SMILES string of the molecule is Fc1cccc(N2CCN(CC3CCCO3)CC2)c1F. The Kier molecular flexibility index (Phi) is 4.17. The summed E-state index contributed by atoms with van der Waals surface area (Å²) < 4.78 is 32.7. The van der Waals surface area contributed by atoms with Crippen molar-refractivity contribution in [2.75, 3.05) is 44.2 Å². The average Bonchev–Trinajstić information content (AvgIpc) is 2.96. The van der Waals surface area contributed by atoms with Gasteiger partial charge in [-0.05, 0) is 25.0 Å². The second kappa shape index (κ2) is 6.06. The maximum atomic E-state index is 13.8. The summed E-state index contributed by atoms with van der Waals surface area (Å²) in [6, 6.07) is 4.37. The quantitative estimate of drug-likeness (QED) is 0.846. The summed E-state index contributed by atoms with van der Waals surface area (Å²) in [5, 5.41) is 0. The van der Waals surface area contributed by atoms with Crippen molar-refractivity contribution in [1.82, 2.24) is 4.90 Å². The lowest BCUT2D eigenvalue weighted by Crippen LogP contribution is -2.48. The molecule has 3 nitrogen and oxygen atoms in total. The van der Waals surface area contributed by atoms with Gasteiger partial charge < -0.3 is 9.64 Å². The summed E-state index contributed by atoms with van der Waals surface area (Å²) in [7, 11) is 0. The summed E-state index contributed by atoms with van der Waals surface area (Å²) >= 11 is 0. The molecule has 0 aromatic heterocycles. The summed E-state index contributed by atoms with van der Waals surface area (Å²) in [5.74, 6) is -1.51. The van der Waals surface area contributed by atoms with Crippen LogP contribution in [-0.4, -0.2) is 50.3 Å². The summed E-state index contributed by atoms with van der Waals surface area (Å²) in [4.78, 5) is 4.27. The highest BCUT2D eigenvalue weighted by Crippen LogP contribution is 2.23. The second-order valence-electron chi connectivity index (χ2n) is 5.50. The monoisotopic (exact) mass is 282 g/mol. The van der Waals surface area contributed by atoms with Crippen molar-refractivity contribution in [3.8, 4) is 0 Å². The number of benzene rings is 1. The van der Waals surface area contributed by atoms with Crippen molar-refractivity contribution in [2.45, 2.75) is 18.9 Å². The highest BCUT2D eigenvalue weighted by molar-refractivity contribution is 5.48. The van der Waals surface area contributed by atoms with Gasteiger partial charge in [0.05, 0.1) is 11.8 Å². The van der Waals surface area contributed by atoms with Crippen LogP contribution in [0, 0.1) is 11.6 Å². The number of halogens is 2. The normalized spacial score (nSPS) is 24.3. The van der Waals surface area contributed by atoms with Gasteiger partial charge in [-0.3, -0.25) is 4.90 Å². The van der Waals surface area contributed by atoms with Crippen LogP contribution in [0.1, 0.15) is 12.8 Å². The third-order valence-electron chi connectivity index (χ3n) is 4.13. The molecule has 0 saturated carbocycles. The Bertz CT molecular complexity index is 455. The standard InChI is InChI=1S/C15H20F2N2O/c16-13-4-1-5-14(15(13)17)19-8-6-18(7-9-19)11-12-3-2-10-20-12/h1,4-5,12H,2-3,6-11H2. The number of ether oxygens (including phenoxy) is 1. The molecule has 0 amide bonds. The molecule has 2 fully saturated rings. The van der Waals surface area contributed by atoms with Gasteiger partial charge in [-0.1, -0.05) is 6.07 Å². The summed E-state index contributed by atoms with van der Waals surface area (Å²) in [6.07, 6.45) is 2.64. The van der Waals surface area contributed by atoms with Gasteiger partial charge in [0.2, 0.25) is 0 Å². The van der Waals surface area contributed by atoms with Crippen molar-refractivity contribution in [1.29, 1.82) is 0 Å². The first-order valence-corrected chi connectivity index (χ1v) is 7.27. The third-order valence-corrected chi connectivity index (χ3v) is 4.13. The van der Waals surface area contributed by atoms with Crippen LogP contribution in [0.5, 0.6) is 0 Å². The van der Waals surface area contributed by atoms with Crippen LogP contribution in [0.2, 0.25) is 0 Å². The molecule has 5 heteroatoms. The molecule has 1 atom stereocenters. The molecular weight excluding hydrogens is 262 g/mol. The smallest absolute Gasteiger partial charge is 0.182 e. The minimum Gasteiger partial charge on any atom is -0.377 e. The fourth-order valence-electron chi connectivity index (χ4n) is 2.98. The highest BCUT2D eigenvalue weighted by atomic mass is 19.2. The zero-order chi connectivity index (χ0) is 13.9. The first-order valence-electron chi connectivity index (χ1n) is 7.27. The van der Waals surface area contributed by atoms with E-state index in [2.05, 4.69) is 4.90 Å². The Morgan fingerprint density at radius 2 is 1.95 bits per heavy atom. The van der Waals surface area contributed by atoms with Crippen LogP contribution in [0.15, 0.2) is 18.2 Å².